The molecule has 0 bridgehead atoms. The van der Waals surface area contributed by atoms with Gasteiger partial charge in [-0.25, -0.2) is 0 Å². The average molecular weight is 321 g/mol. The molecule has 0 fully saturated rings. The van der Waals surface area contributed by atoms with Crippen LogP contribution >= 0.6 is 0 Å². The normalized spacial score (nSPS) is 9.12. The van der Waals surface area contributed by atoms with Crippen molar-refractivity contribution in [1.29, 1.82) is 0 Å². The molecule has 0 aromatic heterocycles. The molecule has 0 spiro atoms. The van der Waals surface area contributed by atoms with Crippen molar-refractivity contribution in [3.8, 4) is 0 Å². The minimum Gasteiger partial charge on any atom is -0.399 e. The Kier molecular flexibility index (Phi) is 7.92. The van der Waals surface area contributed by atoms with Crippen LogP contribution in [0.4, 0.5) is 17.1 Å². The third-order valence-corrected chi connectivity index (χ3v) is 3.57. The Balaban J connectivity index is 0.000000180. The lowest BCUT2D eigenvalue weighted by Gasteiger charge is -1.93. The van der Waals surface area contributed by atoms with Crippen molar-refractivity contribution >= 4 is 17.1 Å². The molecule has 0 heterocycles. The first-order valence-corrected chi connectivity index (χ1v) is 7.85. The van der Waals surface area contributed by atoms with Gasteiger partial charge >= 0.3 is 0 Å². The van der Waals surface area contributed by atoms with E-state index in [0.717, 1.165) is 33.8 Å². The van der Waals surface area contributed by atoms with E-state index in [0.29, 0.717) is 0 Å². The maximum atomic E-state index is 5.52. The molecule has 126 valence electrons. The Bertz CT molecular complexity index is 585. The van der Waals surface area contributed by atoms with Gasteiger partial charge in [0.1, 0.15) is 0 Å². The Morgan fingerprint density at radius 1 is 0.417 bits per heavy atom. The fourth-order valence-corrected chi connectivity index (χ4v) is 1.76. The van der Waals surface area contributed by atoms with Crippen LogP contribution in [0.15, 0.2) is 72.8 Å². The molecule has 0 unspecified atom stereocenters. The van der Waals surface area contributed by atoms with Gasteiger partial charge in [0.2, 0.25) is 0 Å². The van der Waals surface area contributed by atoms with Gasteiger partial charge in [0, 0.05) is 17.1 Å². The molecule has 3 heteroatoms. The van der Waals surface area contributed by atoms with E-state index in [9.17, 15) is 0 Å². The molecule has 3 aromatic carbocycles. The number of para-hydroxylation sites is 3. The van der Waals surface area contributed by atoms with Gasteiger partial charge in [-0.05, 0) is 55.7 Å². The number of hydrogen-bond donors (Lipinski definition) is 3. The zero-order valence-electron chi connectivity index (χ0n) is 14.7. The number of hydrogen-bond acceptors (Lipinski definition) is 3. The van der Waals surface area contributed by atoms with Gasteiger partial charge in [0.15, 0.2) is 0 Å². The third-order valence-electron chi connectivity index (χ3n) is 3.57. The molecule has 6 N–H and O–H groups in total. The van der Waals surface area contributed by atoms with Crippen LogP contribution in [-0.4, -0.2) is 0 Å². The zero-order chi connectivity index (χ0) is 17.9. The molecule has 0 aliphatic rings. The van der Waals surface area contributed by atoms with E-state index < -0.39 is 0 Å². The van der Waals surface area contributed by atoms with Gasteiger partial charge in [-0.2, -0.15) is 0 Å². The molecule has 0 saturated carbocycles. The second kappa shape index (κ2) is 9.95. The van der Waals surface area contributed by atoms with Crippen LogP contribution in [0.1, 0.15) is 16.7 Å². The molecular weight excluding hydrogens is 294 g/mol. The fourth-order valence-electron chi connectivity index (χ4n) is 1.76. The Hall–Kier alpha value is -2.94. The Morgan fingerprint density at radius 3 is 0.750 bits per heavy atom. The second-order valence-electron chi connectivity index (χ2n) is 5.57. The highest BCUT2D eigenvalue weighted by atomic mass is 14.6. The van der Waals surface area contributed by atoms with Crippen molar-refractivity contribution in [2.45, 2.75) is 20.8 Å². The lowest BCUT2D eigenvalue weighted by molar-refractivity contribution is 1.47. The zero-order valence-corrected chi connectivity index (χ0v) is 14.7. The van der Waals surface area contributed by atoms with Crippen molar-refractivity contribution in [1.82, 2.24) is 0 Å². The van der Waals surface area contributed by atoms with E-state index in [2.05, 4.69) is 0 Å². The highest BCUT2D eigenvalue weighted by molar-refractivity contribution is 5.46. The largest absolute Gasteiger partial charge is 0.399 e. The van der Waals surface area contributed by atoms with Gasteiger partial charge in [-0.3, -0.25) is 0 Å². The minimum atomic E-state index is 0.868. The summed E-state index contributed by atoms with van der Waals surface area (Å²) >= 11 is 0. The summed E-state index contributed by atoms with van der Waals surface area (Å²) in [5, 5.41) is 0. The fraction of sp³-hybridized carbons (Fsp3) is 0.143. The number of benzene rings is 3. The van der Waals surface area contributed by atoms with Crippen molar-refractivity contribution < 1.29 is 0 Å². The lowest BCUT2D eigenvalue weighted by atomic mass is 10.2. The van der Waals surface area contributed by atoms with Crippen LogP contribution in [-0.2, 0) is 0 Å². The summed E-state index contributed by atoms with van der Waals surface area (Å²) in [4.78, 5) is 0. The summed E-state index contributed by atoms with van der Waals surface area (Å²) in [6, 6.07) is 23.4. The number of anilines is 3. The molecule has 0 aliphatic heterocycles. The van der Waals surface area contributed by atoms with E-state index in [-0.39, 0.29) is 0 Å². The Morgan fingerprint density at radius 2 is 0.625 bits per heavy atom. The van der Waals surface area contributed by atoms with Gasteiger partial charge in [0.25, 0.3) is 0 Å². The van der Waals surface area contributed by atoms with Gasteiger partial charge in [0.05, 0.1) is 0 Å². The van der Waals surface area contributed by atoms with E-state index in [1.54, 1.807) is 0 Å². The first-order chi connectivity index (χ1) is 11.4. The molecule has 0 saturated heterocycles. The predicted molar refractivity (Wildman–Crippen MR) is 107 cm³/mol. The SMILES string of the molecule is Cc1ccccc1N.Cc1ccccc1N.Cc1ccccc1N. The van der Waals surface area contributed by atoms with Crippen molar-refractivity contribution in [2.24, 2.45) is 0 Å². The van der Waals surface area contributed by atoms with Crippen LogP contribution < -0.4 is 17.2 Å². The minimum absolute atomic E-state index is 0.868. The summed E-state index contributed by atoms with van der Waals surface area (Å²) in [6.45, 7) is 5.99. The number of aryl methyl sites for hydroxylation is 3. The summed E-state index contributed by atoms with van der Waals surface area (Å²) in [5.41, 5.74) is 22.6. The van der Waals surface area contributed by atoms with Crippen molar-refractivity contribution in [3.63, 3.8) is 0 Å². The van der Waals surface area contributed by atoms with Gasteiger partial charge in [-0.1, -0.05) is 54.6 Å². The predicted octanol–water partition coefficient (Wildman–Crippen LogP) is 4.73. The molecule has 24 heavy (non-hydrogen) atoms. The van der Waals surface area contributed by atoms with E-state index in [1.807, 2.05) is 93.6 Å². The van der Waals surface area contributed by atoms with Crippen molar-refractivity contribution in [2.75, 3.05) is 17.2 Å². The molecule has 0 amide bonds. The molecule has 0 radical (unpaired) electrons. The van der Waals surface area contributed by atoms with Crippen LogP contribution in [0.5, 0.6) is 0 Å². The number of rotatable bonds is 0. The standard InChI is InChI=1S/3C7H9N/c3*1-6-4-2-3-5-7(6)8/h3*2-5H,8H2,1H3. The Labute approximate surface area is 145 Å². The highest BCUT2D eigenvalue weighted by Gasteiger charge is 1.85. The van der Waals surface area contributed by atoms with E-state index in [1.165, 1.54) is 0 Å². The number of nitrogen functional groups attached to an aromatic ring is 3. The van der Waals surface area contributed by atoms with Crippen LogP contribution in [0.25, 0.3) is 0 Å². The maximum Gasteiger partial charge on any atom is 0.0343 e. The summed E-state index contributed by atoms with van der Waals surface area (Å²) in [7, 11) is 0. The molecule has 0 aliphatic carbocycles. The molecule has 0 atom stereocenters. The molecule has 3 nitrogen and oxygen atoms in total. The van der Waals surface area contributed by atoms with Gasteiger partial charge < -0.3 is 17.2 Å². The van der Waals surface area contributed by atoms with Gasteiger partial charge in [-0.15, -0.1) is 0 Å². The second-order valence-corrected chi connectivity index (χ2v) is 5.57. The van der Waals surface area contributed by atoms with Crippen LogP contribution in [0.3, 0.4) is 0 Å². The molecule has 3 rings (SSSR count). The third kappa shape index (κ3) is 6.88. The quantitative estimate of drug-likeness (QED) is 0.524. The van der Waals surface area contributed by atoms with Crippen LogP contribution in [0, 0.1) is 20.8 Å². The maximum absolute atomic E-state index is 5.52. The van der Waals surface area contributed by atoms with Crippen LogP contribution in [0.2, 0.25) is 0 Å². The average Bonchev–Trinajstić information content (AvgIpc) is 2.57. The molecular formula is C21H27N3. The monoisotopic (exact) mass is 321 g/mol. The first kappa shape index (κ1) is 19.1. The molecule has 3 aromatic rings. The first-order valence-electron chi connectivity index (χ1n) is 7.85. The highest BCUT2D eigenvalue weighted by Crippen LogP contribution is 2.07. The topological polar surface area (TPSA) is 78.1 Å². The van der Waals surface area contributed by atoms with E-state index in [4.69, 9.17) is 17.2 Å². The lowest BCUT2D eigenvalue weighted by Crippen LogP contribution is -1.85. The smallest absolute Gasteiger partial charge is 0.0343 e. The van der Waals surface area contributed by atoms with Crippen molar-refractivity contribution in [3.05, 3.63) is 89.5 Å². The van der Waals surface area contributed by atoms with E-state index >= 15 is 0 Å². The summed E-state index contributed by atoms with van der Waals surface area (Å²) in [6.07, 6.45) is 0. The summed E-state index contributed by atoms with van der Waals surface area (Å²) < 4.78 is 0. The number of nitrogens with two attached hydrogens (primary N) is 3. The summed E-state index contributed by atoms with van der Waals surface area (Å²) in [5.74, 6) is 0.